The largest absolute Gasteiger partial charge is 0.454 e. The molecule has 1 atom stereocenters. The third-order valence-corrected chi connectivity index (χ3v) is 5.05. The van der Waals surface area contributed by atoms with Crippen LogP contribution in [0.5, 0.6) is 0 Å². The van der Waals surface area contributed by atoms with Crippen molar-refractivity contribution < 1.29 is 9.21 Å². The third-order valence-electron chi connectivity index (χ3n) is 5.05. The number of furan rings is 1. The molecule has 0 bridgehead atoms. The van der Waals surface area contributed by atoms with E-state index in [-0.39, 0.29) is 17.5 Å². The number of likely N-dealkylation sites (tertiary alicyclic amines) is 1. The molecule has 1 aromatic carbocycles. The number of pyridine rings is 1. The molecule has 5 nitrogen and oxygen atoms in total. The standard InChI is InChI=1S/C22H22N2O3/c25-21-10-4-5-13-23(21)16-19-11-12-20(27-19)22(26)24-14-6-9-18(24)15-17-7-2-1-3-8-17/h1-5,7-8,10-13,18H,6,9,14-16H2. The fourth-order valence-electron chi connectivity index (χ4n) is 3.68. The molecule has 2 aromatic heterocycles. The highest BCUT2D eigenvalue weighted by atomic mass is 16.4. The van der Waals surface area contributed by atoms with Crippen LogP contribution in [-0.4, -0.2) is 28.0 Å². The average molecular weight is 362 g/mol. The molecule has 1 fully saturated rings. The monoisotopic (exact) mass is 362 g/mol. The Labute approximate surface area is 157 Å². The lowest BCUT2D eigenvalue weighted by atomic mass is 10.0. The van der Waals surface area contributed by atoms with Crippen LogP contribution < -0.4 is 5.56 Å². The first-order valence-corrected chi connectivity index (χ1v) is 9.30. The fourth-order valence-corrected chi connectivity index (χ4v) is 3.68. The van der Waals surface area contributed by atoms with Gasteiger partial charge < -0.3 is 13.9 Å². The first kappa shape index (κ1) is 17.3. The van der Waals surface area contributed by atoms with Gasteiger partial charge in [0.15, 0.2) is 5.76 Å². The van der Waals surface area contributed by atoms with Crippen molar-refractivity contribution in [3.8, 4) is 0 Å². The molecule has 27 heavy (non-hydrogen) atoms. The summed E-state index contributed by atoms with van der Waals surface area (Å²) in [5.41, 5.74) is 1.15. The van der Waals surface area contributed by atoms with Gasteiger partial charge >= 0.3 is 0 Å². The molecule has 4 rings (SSSR count). The number of benzene rings is 1. The van der Waals surface area contributed by atoms with E-state index >= 15 is 0 Å². The van der Waals surface area contributed by atoms with Gasteiger partial charge in [-0.3, -0.25) is 9.59 Å². The molecule has 5 heteroatoms. The van der Waals surface area contributed by atoms with Gasteiger partial charge in [-0.15, -0.1) is 0 Å². The topological polar surface area (TPSA) is 55.5 Å². The van der Waals surface area contributed by atoms with Crippen molar-refractivity contribution in [2.45, 2.75) is 31.8 Å². The Hall–Kier alpha value is -3.08. The van der Waals surface area contributed by atoms with E-state index in [4.69, 9.17) is 4.42 Å². The maximum absolute atomic E-state index is 12.9. The zero-order valence-electron chi connectivity index (χ0n) is 15.1. The molecule has 1 amide bonds. The van der Waals surface area contributed by atoms with E-state index in [1.54, 1.807) is 35.0 Å². The van der Waals surface area contributed by atoms with E-state index in [1.165, 1.54) is 11.6 Å². The smallest absolute Gasteiger partial charge is 0.289 e. The Morgan fingerprint density at radius 3 is 2.67 bits per heavy atom. The van der Waals surface area contributed by atoms with Crippen molar-refractivity contribution in [2.24, 2.45) is 0 Å². The van der Waals surface area contributed by atoms with Gasteiger partial charge in [0.2, 0.25) is 0 Å². The summed E-state index contributed by atoms with van der Waals surface area (Å²) < 4.78 is 7.32. The molecule has 3 aromatic rings. The van der Waals surface area contributed by atoms with E-state index in [2.05, 4.69) is 12.1 Å². The molecule has 0 radical (unpaired) electrons. The van der Waals surface area contributed by atoms with Gasteiger partial charge in [-0.2, -0.15) is 0 Å². The van der Waals surface area contributed by atoms with E-state index in [1.807, 2.05) is 23.1 Å². The Kier molecular flexibility index (Phi) is 4.92. The molecule has 0 N–H and O–H groups in total. The molecule has 0 spiro atoms. The van der Waals surface area contributed by atoms with Gasteiger partial charge in [0, 0.05) is 24.8 Å². The van der Waals surface area contributed by atoms with Gasteiger partial charge in [-0.1, -0.05) is 36.4 Å². The molecular formula is C22H22N2O3. The summed E-state index contributed by atoms with van der Waals surface area (Å²) >= 11 is 0. The minimum Gasteiger partial charge on any atom is -0.454 e. The highest BCUT2D eigenvalue weighted by molar-refractivity contribution is 5.92. The van der Waals surface area contributed by atoms with Gasteiger partial charge in [0.1, 0.15) is 5.76 Å². The van der Waals surface area contributed by atoms with Crippen LogP contribution in [0.2, 0.25) is 0 Å². The van der Waals surface area contributed by atoms with Crippen LogP contribution in [0.25, 0.3) is 0 Å². The number of carbonyl (C=O) groups is 1. The minimum absolute atomic E-state index is 0.0694. The Morgan fingerprint density at radius 2 is 1.85 bits per heavy atom. The maximum Gasteiger partial charge on any atom is 0.289 e. The number of aromatic nitrogens is 1. The molecule has 1 aliphatic rings. The molecule has 1 saturated heterocycles. The SMILES string of the molecule is O=C(c1ccc(Cn2ccccc2=O)o1)N1CCCC1Cc1ccccc1. The molecule has 1 unspecified atom stereocenters. The highest BCUT2D eigenvalue weighted by Crippen LogP contribution is 2.24. The van der Waals surface area contributed by atoms with E-state index in [9.17, 15) is 9.59 Å². The number of carbonyl (C=O) groups excluding carboxylic acids is 1. The van der Waals surface area contributed by atoms with Crippen molar-refractivity contribution in [1.29, 1.82) is 0 Å². The summed E-state index contributed by atoms with van der Waals surface area (Å²) in [6.07, 6.45) is 4.59. The summed E-state index contributed by atoms with van der Waals surface area (Å²) in [7, 11) is 0. The van der Waals surface area contributed by atoms with E-state index in [0.29, 0.717) is 18.1 Å². The highest BCUT2D eigenvalue weighted by Gasteiger charge is 2.31. The van der Waals surface area contributed by atoms with Crippen molar-refractivity contribution in [1.82, 2.24) is 9.47 Å². The lowest BCUT2D eigenvalue weighted by Crippen LogP contribution is -2.36. The second kappa shape index (κ2) is 7.66. The number of amides is 1. The Bertz CT molecular complexity index is 974. The van der Waals surface area contributed by atoms with Gasteiger partial charge in [0.25, 0.3) is 11.5 Å². The van der Waals surface area contributed by atoms with Crippen molar-refractivity contribution in [2.75, 3.05) is 6.54 Å². The Balaban J connectivity index is 1.47. The molecule has 1 aliphatic heterocycles. The number of hydrogen-bond donors (Lipinski definition) is 0. The first-order chi connectivity index (χ1) is 13.2. The zero-order chi connectivity index (χ0) is 18.6. The van der Waals surface area contributed by atoms with E-state index in [0.717, 1.165) is 25.8 Å². The van der Waals surface area contributed by atoms with Crippen LogP contribution in [-0.2, 0) is 13.0 Å². The summed E-state index contributed by atoms with van der Waals surface area (Å²) in [4.78, 5) is 26.7. The van der Waals surface area contributed by atoms with Gasteiger partial charge in [-0.05, 0) is 43.0 Å². The molecule has 3 heterocycles. The van der Waals surface area contributed by atoms with Crippen molar-refractivity contribution in [3.63, 3.8) is 0 Å². The Morgan fingerprint density at radius 1 is 1.04 bits per heavy atom. The van der Waals surface area contributed by atoms with Gasteiger partial charge in [0.05, 0.1) is 6.54 Å². The summed E-state index contributed by atoms with van der Waals surface area (Å²) in [5, 5.41) is 0. The van der Waals surface area contributed by atoms with Crippen LogP contribution in [0.4, 0.5) is 0 Å². The van der Waals surface area contributed by atoms with Crippen molar-refractivity contribution >= 4 is 5.91 Å². The average Bonchev–Trinajstić information content (AvgIpc) is 3.34. The molecular weight excluding hydrogens is 340 g/mol. The molecule has 0 saturated carbocycles. The maximum atomic E-state index is 12.9. The predicted octanol–water partition coefficient (Wildman–Crippen LogP) is 3.34. The summed E-state index contributed by atoms with van der Waals surface area (Å²) in [6, 6.07) is 19.0. The zero-order valence-corrected chi connectivity index (χ0v) is 15.1. The van der Waals surface area contributed by atoms with E-state index < -0.39 is 0 Å². The summed E-state index contributed by atoms with van der Waals surface area (Å²) in [6.45, 7) is 1.07. The fraction of sp³-hybridized carbons (Fsp3) is 0.273. The second-order valence-corrected chi connectivity index (χ2v) is 6.92. The van der Waals surface area contributed by atoms with Crippen LogP contribution in [0, 0.1) is 0 Å². The molecule has 138 valence electrons. The normalized spacial score (nSPS) is 16.6. The predicted molar refractivity (Wildman–Crippen MR) is 103 cm³/mol. The van der Waals surface area contributed by atoms with Crippen LogP contribution >= 0.6 is 0 Å². The molecule has 0 aliphatic carbocycles. The van der Waals surface area contributed by atoms with Crippen molar-refractivity contribution in [3.05, 3.63) is 94.3 Å². The van der Waals surface area contributed by atoms with Gasteiger partial charge in [-0.25, -0.2) is 0 Å². The summed E-state index contributed by atoms with van der Waals surface area (Å²) in [5.74, 6) is 0.875. The second-order valence-electron chi connectivity index (χ2n) is 6.92. The number of nitrogens with zero attached hydrogens (tertiary/aromatic N) is 2. The van der Waals surface area contributed by atoms with Crippen LogP contribution in [0.3, 0.4) is 0 Å². The lowest BCUT2D eigenvalue weighted by molar-refractivity contribution is 0.0702. The third kappa shape index (κ3) is 3.87. The first-order valence-electron chi connectivity index (χ1n) is 9.30. The minimum atomic E-state index is -0.0933. The quantitative estimate of drug-likeness (QED) is 0.699. The number of hydrogen-bond acceptors (Lipinski definition) is 3. The lowest BCUT2D eigenvalue weighted by Gasteiger charge is -2.24. The number of rotatable bonds is 5. The van der Waals surface area contributed by atoms with Crippen LogP contribution in [0.15, 0.2) is 76.1 Å². The van der Waals surface area contributed by atoms with Crippen LogP contribution in [0.1, 0.15) is 34.7 Å².